The van der Waals surface area contributed by atoms with Crippen LogP contribution in [0.2, 0.25) is 0 Å². The molecule has 0 aliphatic heterocycles. The number of nitrogens with two attached hydrogens (primary N) is 1. The third kappa shape index (κ3) is 3.87. The van der Waals surface area contributed by atoms with Crippen LogP contribution in [-0.4, -0.2) is 9.93 Å². The van der Waals surface area contributed by atoms with Crippen LogP contribution in [0, 0.1) is 10.1 Å². The van der Waals surface area contributed by atoms with Crippen LogP contribution in [0.15, 0.2) is 54.6 Å². The van der Waals surface area contributed by atoms with Crippen molar-refractivity contribution in [2.45, 2.75) is 13.1 Å². The summed E-state index contributed by atoms with van der Waals surface area (Å²) in [5.41, 5.74) is 2.17. The van der Waals surface area contributed by atoms with Crippen molar-refractivity contribution >= 4 is 5.69 Å². The Bertz CT molecular complexity index is 540. The molecular weight excluding hydrogens is 242 g/mol. The molecule has 0 atom stereocenters. The van der Waals surface area contributed by atoms with Gasteiger partial charge in [-0.25, -0.2) is 5.01 Å². The molecule has 2 aromatic carbocycles. The van der Waals surface area contributed by atoms with Gasteiger partial charge in [0.15, 0.2) is 0 Å². The molecular formula is C14H15N3O2. The Morgan fingerprint density at radius 3 is 2.00 bits per heavy atom. The molecule has 0 heterocycles. The molecule has 19 heavy (non-hydrogen) atoms. The first-order valence-corrected chi connectivity index (χ1v) is 5.92. The number of benzene rings is 2. The highest BCUT2D eigenvalue weighted by molar-refractivity contribution is 5.32. The molecule has 0 aliphatic rings. The lowest BCUT2D eigenvalue weighted by Crippen LogP contribution is -2.29. The standard InChI is InChI=1S/C14H15N3O2/c15-16(10-12-4-2-1-3-5-12)11-13-6-8-14(9-7-13)17(18)19/h1-9H,10-11,15H2. The smallest absolute Gasteiger partial charge is 0.268 e. The largest absolute Gasteiger partial charge is 0.269 e. The molecule has 0 bridgehead atoms. The predicted octanol–water partition coefficient (Wildman–Crippen LogP) is 2.47. The Kier molecular flexibility index (Phi) is 4.22. The minimum atomic E-state index is -0.409. The average Bonchev–Trinajstić information content (AvgIpc) is 2.40. The molecule has 0 spiro atoms. The molecule has 2 N–H and O–H groups in total. The monoisotopic (exact) mass is 257 g/mol. The highest BCUT2D eigenvalue weighted by Gasteiger charge is 2.06. The topological polar surface area (TPSA) is 72.4 Å². The zero-order valence-electron chi connectivity index (χ0n) is 10.4. The van der Waals surface area contributed by atoms with Crippen molar-refractivity contribution in [3.63, 3.8) is 0 Å². The van der Waals surface area contributed by atoms with E-state index in [0.29, 0.717) is 13.1 Å². The van der Waals surface area contributed by atoms with Crippen molar-refractivity contribution < 1.29 is 4.92 Å². The SMILES string of the molecule is NN(Cc1ccccc1)Cc1ccc([N+](=O)[O-])cc1. The summed E-state index contributed by atoms with van der Waals surface area (Å²) >= 11 is 0. The molecule has 5 nitrogen and oxygen atoms in total. The van der Waals surface area contributed by atoms with Crippen LogP contribution in [0.25, 0.3) is 0 Å². The summed E-state index contributed by atoms with van der Waals surface area (Å²) in [6.45, 7) is 1.19. The van der Waals surface area contributed by atoms with Gasteiger partial charge >= 0.3 is 0 Å². The first-order chi connectivity index (χ1) is 9.15. The van der Waals surface area contributed by atoms with Gasteiger partial charge in [0.05, 0.1) is 4.92 Å². The number of hydrazine groups is 1. The summed E-state index contributed by atoms with van der Waals surface area (Å²) in [6, 6.07) is 16.3. The van der Waals surface area contributed by atoms with Crippen LogP contribution in [-0.2, 0) is 13.1 Å². The second-order valence-corrected chi connectivity index (χ2v) is 4.31. The van der Waals surface area contributed by atoms with Crippen LogP contribution in [0.3, 0.4) is 0 Å². The fraction of sp³-hybridized carbons (Fsp3) is 0.143. The van der Waals surface area contributed by atoms with E-state index in [9.17, 15) is 10.1 Å². The lowest BCUT2D eigenvalue weighted by molar-refractivity contribution is -0.384. The maximum Gasteiger partial charge on any atom is 0.269 e. The first kappa shape index (κ1) is 13.2. The Morgan fingerprint density at radius 1 is 0.947 bits per heavy atom. The zero-order chi connectivity index (χ0) is 13.7. The van der Waals surface area contributed by atoms with Crippen LogP contribution in [0.5, 0.6) is 0 Å². The summed E-state index contributed by atoms with van der Waals surface area (Å²) in [5, 5.41) is 12.2. The fourth-order valence-corrected chi connectivity index (χ4v) is 1.83. The second-order valence-electron chi connectivity index (χ2n) is 4.31. The van der Waals surface area contributed by atoms with Crippen molar-refractivity contribution in [2.75, 3.05) is 0 Å². The van der Waals surface area contributed by atoms with Crippen LogP contribution < -0.4 is 5.84 Å². The molecule has 2 aromatic rings. The van der Waals surface area contributed by atoms with Gasteiger partial charge in [-0.15, -0.1) is 0 Å². The third-order valence-electron chi connectivity index (χ3n) is 2.76. The Balaban J connectivity index is 1.95. The first-order valence-electron chi connectivity index (χ1n) is 5.92. The molecule has 98 valence electrons. The van der Waals surface area contributed by atoms with Crippen LogP contribution in [0.1, 0.15) is 11.1 Å². The third-order valence-corrected chi connectivity index (χ3v) is 2.76. The molecule has 2 rings (SSSR count). The number of nitro benzene ring substituents is 1. The normalized spacial score (nSPS) is 10.6. The zero-order valence-corrected chi connectivity index (χ0v) is 10.4. The van der Waals surface area contributed by atoms with E-state index in [-0.39, 0.29) is 5.69 Å². The van der Waals surface area contributed by atoms with Gasteiger partial charge in [0, 0.05) is 25.2 Å². The number of nitrogens with zero attached hydrogens (tertiary/aromatic N) is 2. The Labute approximate surface area is 111 Å². The van der Waals surface area contributed by atoms with E-state index in [2.05, 4.69) is 0 Å². The maximum absolute atomic E-state index is 10.5. The van der Waals surface area contributed by atoms with E-state index in [4.69, 9.17) is 5.84 Å². The minimum absolute atomic E-state index is 0.0929. The highest BCUT2D eigenvalue weighted by atomic mass is 16.6. The van der Waals surface area contributed by atoms with Crippen molar-refractivity contribution in [3.05, 3.63) is 75.8 Å². The minimum Gasteiger partial charge on any atom is -0.268 e. The maximum atomic E-state index is 10.5. The van der Waals surface area contributed by atoms with Crippen molar-refractivity contribution in [2.24, 2.45) is 5.84 Å². The van der Waals surface area contributed by atoms with Gasteiger partial charge < -0.3 is 0 Å². The Hall–Kier alpha value is -2.24. The molecule has 0 radical (unpaired) electrons. The average molecular weight is 257 g/mol. The molecule has 0 saturated heterocycles. The molecule has 0 fully saturated rings. The van der Waals surface area contributed by atoms with Crippen LogP contribution >= 0.6 is 0 Å². The van der Waals surface area contributed by atoms with E-state index < -0.39 is 4.92 Å². The lowest BCUT2D eigenvalue weighted by atomic mass is 10.2. The number of non-ortho nitro benzene ring substituents is 1. The van der Waals surface area contributed by atoms with Crippen molar-refractivity contribution in [1.29, 1.82) is 0 Å². The number of hydrogen-bond acceptors (Lipinski definition) is 4. The van der Waals surface area contributed by atoms with E-state index in [1.165, 1.54) is 12.1 Å². The summed E-state index contributed by atoms with van der Waals surface area (Å²) in [6.07, 6.45) is 0. The van der Waals surface area contributed by atoms with Crippen molar-refractivity contribution in [3.8, 4) is 0 Å². The van der Waals surface area contributed by atoms with E-state index in [1.54, 1.807) is 17.1 Å². The highest BCUT2D eigenvalue weighted by Crippen LogP contribution is 2.13. The Morgan fingerprint density at radius 2 is 1.47 bits per heavy atom. The second kappa shape index (κ2) is 6.08. The van der Waals surface area contributed by atoms with Gasteiger partial charge in [-0.1, -0.05) is 42.5 Å². The van der Waals surface area contributed by atoms with E-state index >= 15 is 0 Å². The molecule has 0 amide bonds. The van der Waals surface area contributed by atoms with Gasteiger partial charge in [-0.2, -0.15) is 0 Å². The summed E-state index contributed by atoms with van der Waals surface area (Å²) in [4.78, 5) is 10.1. The van der Waals surface area contributed by atoms with E-state index in [0.717, 1.165) is 11.1 Å². The molecule has 0 saturated carbocycles. The van der Waals surface area contributed by atoms with Gasteiger partial charge in [0.1, 0.15) is 0 Å². The fourth-order valence-electron chi connectivity index (χ4n) is 1.83. The van der Waals surface area contributed by atoms with E-state index in [1.807, 2.05) is 30.3 Å². The van der Waals surface area contributed by atoms with Crippen molar-refractivity contribution in [1.82, 2.24) is 5.01 Å². The quantitative estimate of drug-likeness (QED) is 0.507. The number of nitro groups is 1. The van der Waals surface area contributed by atoms with Gasteiger partial charge in [-0.05, 0) is 11.1 Å². The lowest BCUT2D eigenvalue weighted by Gasteiger charge is -2.16. The van der Waals surface area contributed by atoms with Gasteiger partial charge in [0.2, 0.25) is 0 Å². The summed E-state index contributed by atoms with van der Waals surface area (Å²) in [7, 11) is 0. The molecule has 0 aliphatic carbocycles. The van der Waals surface area contributed by atoms with Gasteiger partial charge in [0.25, 0.3) is 5.69 Å². The molecule has 0 aromatic heterocycles. The number of rotatable bonds is 5. The molecule has 5 heteroatoms. The summed E-state index contributed by atoms with van der Waals surface area (Å²) < 4.78 is 0. The van der Waals surface area contributed by atoms with Gasteiger partial charge in [-0.3, -0.25) is 16.0 Å². The van der Waals surface area contributed by atoms with Crippen LogP contribution in [0.4, 0.5) is 5.69 Å². The molecule has 0 unspecified atom stereocenters. The predicted molar refractivity (Wildman–Crippen MR) is 73.0 cm³/mol. The summed E-state index contributed by atoms with van der Waals surface area (Å²) in [5.74, 6) is 5.94. The number of hydrogen-bond donors (Lipinski definition) is 1.